The van der Waals surface area contributed by atoms with Crippen LogP contribution in [0.5, 0.6) is 5.75 Å². The lowest BCUT2D eigenvalue weighted by Gasteiger charge is -2.30. The van der Waals surface area contributed by atoms with Gasteiger partial charge in [-0.25, -0.2) is 9.37 Å². The topological polar surface area (TPSA) is 88.9 Å². The maximum atomic E-state index is 14.0. The van der Waals surface area contributed by atoms with Crippen LogP contribution < -0.4 is 15.8 Å². The zero-order chi connectivity index (χ0) is 23.1. The molecule has 2 aliphatic rings. The van der Waals surface area contributed by atoms with Crippen molar-refractivity contribution in [2.45, 2.75) is 37.8 Å². The summed E-state index contributed by atoms with van der Waals surface area (Å²) in [7, 11) is 0. The van der Waals surface area contributed by atoms with E-state index < -0.39 is 11.9 Å². The molecule has 1 unspecified atom stereocenters. The summed E-state index contributed by atoms with van der Waals surface area (Å²) in [5.74, 6) is -0.0676. The van der Waals surface area contributed by atoms with Crippen molar-refractivity contribution in [2.24, 2.45) is 5.10 Å². The second-order valence-electron chi connectivity index (χ2n) is 8.40. The van der Waals surface area contributed by atoms with Crippen molar-refractivity contribution < 1.29 is 13.5 Å². The predicted octanol–water partition coefficient (Wildman–Crippen LogP) is 5.13. The number of fused-ring (bicyclic) bond motifs is 1. The molecule has 1 fully saturated rings. The monoisotopic (exact) mass is 491 g/mol. The minimum Gasteiger partial charge on any atom is -0.478 e. The third-order valence-corrected chi connectivity index (χ3v) is 7.03. The Balaban J connectivity index is 1.42. The zero-order valence-electron chi connectivity index (χ0n) is 18.0. The van der Waals surface area contributed by atoms with E-state index in [1.807, 2.05) is 6.21 Å². The molecule has 33 heavy (non-hydrogen) atoms. The second-order valence-corrected chi connectivity index (χ2v) is 9.18. The molecule has 2 aromatic heterocycles. The molecule has 1 aromatic carbocycles. The Hall–Kier alpha value is -2.55. The Kier molecular flexibility index (Phi) is 6.07. The molecular formula is C23H24Cl2FN5O2. The van der Waals surface area contributed by atoms with E-state index in [-0.39, 0.29) is 22.5 Å². The fourth-order valence-corrected chi connectivity index (χ4v) is 5.22. The van der Waals surface area contributed by atoms with E-state index in [2.05, 4.69) is 20.4 Å². The highest BCUT2D eigenvalue weighted by Crippen LogP contribution is 2.41. The number of pyridine rings is 1. The molecule has 7 nitrogen and oxygen atoms in total. The van der Waals surface area contributed by atoms with Crippen molar-refractivity contribution in [1.29, 1.82) is 0 Å². The van der Waals surface area contributed by atoms with E-state index in [1.165, 1.54) is 12.1 Å². The largest absolute Gasteiger partial charge is 0.478 e. The number of furan rings is 1. The summed E-state index contributed by atoms with van der Waals surface area (Å²) >= 11 is 12.4. The van der Waals surface area contributed by atoms with Crippen LogP contribution in [0, 0.1) is 5.82 Å². The first-order valence-electron chi connectivity index (χ1n) is 10.9. The van der Waals surface area contributed by atoms with Crippen molar-refractivity contribution in [2.75, 3.05) is 25.4 Å². The number of benzene rings is 1. The van der Waals surface area contributed by atoms with Gasteiger partial charge in [0.05, 0.1) is 11.3 Å². The first kappa shape index (κ1) is 22.3. The van der Waals surface area contributed by atoms with Crippen LogP contribution in [0.3, 0.4) is 0 Å². The van der Waals surface area contributed by atoms with Gasteiger partial charge < -0.3 is 20.2 Å². The number of nitrogens with two attached hydrogens (primary N) is 1. The zero-order valence-corrected chi connectivity index (χ0v) is 19.5. The highest BCUT2D eigenvalue weighted by molar-refractivity contribution is 6.36. The van der Waals surface area contributed by atoms with Crippen molar-refractivity contribution in [3.63, 3.8) is 0 Å². The molecule has 3 aromatic rings. The highest BCUT2D eigenvalue weighted by Gasteiger charge is 2.30. The lowest BCUT2D eigenvalue weighted by atomic mass is 9.99. The molecule has 4 heterocycles. The molecule has 0 spiro atoms. The molecular weight excluding hydrogens is 468 g/mol. The van der Waals surface area contributed by atoms with Crippen LogP contribution in [-0.2, 0) is 0 Å². The number of hydrazone groups is 1. The van der Waals surface area contributed by atoms with Gasteiger partial charge in [-0.15, -0.1) is 0 Å². The fraction of sp³-hybridized carbons (Fsp3) is 0.391. The molecule has 0 bridgehead atoms. The summed E-state index contributed by atoms with van der Waals surface area (Å²) in [6.45, 7) is 4.52. The molecule has 1 saturated heterocycles. The fourth-order valence-electron chi connectivity index (χ4n) is 4.54. The number of hydrogen-bond donors (Lipinski definition) is 2. The second kappa shape index (κ2) is 9.00. The van der Waals surface area contributed by atoms with Crippen LogP contribution in [0.4, 0.5) is 10.2 Å². The van der Waals surface area contributed by atoms with Crippen LogP contribution in [-0.4, -0.2) is 41.9 Å². The van der Waals surface area contributed by atoms with Crippen molar-refractivity contribution in [1.82, 2.24) is 15.3 Å². The van der Waals surface area contributed by atoms with E-state index in [1.54, 1.807) is 19.4 Å². The van der Waals surface area contributed by atoms with Crippen LogP contribution in [0.15, 0.2) is 34.1 Å². The normalized spacial score (nSPS) is 20.0. The van der Waals surface area contributed by atoms with Gasteiger partial charge in [-0.1, -0.05) is 23.2 Å². The number of nitrogen functional groups attached to an aromatic ring is 1. The van der Waals surface area contributed by atoms with Crippen LogP contribution in [0.25, 0.3) is 11.0 Å². The quantitative estimate of drug-likeness (QED) is 0.480. The van der Waals surface area contributed by atoms with E-state index in [0.717, 1.165) is 43.4 Å². The molecule has 174 valence electrons. The molecule has 2 atom stereocenters. The Morgan fingerprint density at radius 1 is 1.30 bits per heavy atom. The van der Waals surface area contributed by atoms with Gasteiger partial charge in [0, 0.05) is 52.5 Å². The number of anilines is 1. The van der Waals surface area contributed by atoms with Crippen LogP contribution >= 0.6 is 23.2 Å². The Morgan fingerprint density at radius 3 is 2.88 bits per heavy atom. The van der Waals surface area contributed by atoms with Gasteiger partial charge in [0.2, 0.25) is 5.75 Å². The number of halogens is 3. The van der Waals surface area contributed by atoms with E-state index in [4.69, 9.17) is 38.1 Å². The molecule has 3 N–H and O–H groups in total. The minimum absolute atomic E-state index is 0.0731. The maximum absolute atomic E-state index is 14.0. The number of rotatable bonds is 5. The van der Waals surface area contributed by atoms with Gasteiger partial charge in [0.1, 0.15) is 11.9 Å². The lowest BCUT2D eigenvalue weighted by molar-refractivity contribution is 0.181. The standard InChI is InChI=1S/C23H24Cl2FN5O2/c1-12(19-17(24)2-3-18(26)20(19)25)33-22-21-15(9-29-23(22)27)16(11-32-21)13-8-30-31(10-13)14-4-6-28-7-5-14/h2-3,8-9,11-14,28H,4-7,10H2,1H3,(H2,27,29)/t12-,13?/m1/s1. The van der Waals surface area contributed by atoms with Crippen molar-refractivity contribution in [3.8, 4) is 5.75 Å². The van der Waals surface area contributed by atoms with E-state index in [0.29, 0.717) is 22.2 Å². The van der Waals surface area contributed by atoms with Gasteiger partial charge in [0.15, 0.2) is 11.4 Å². The van der Waals surface area contributed by atoms with Crippen LogP contribution in [0.2, 0.25) is 10.0 Å². The van der Waals surface area contributed by atoms with Gasteiger partial charge in [0.25, 0.3) is 0 Å². The number of ether oxygens (including phenoxy) is 1. The van der Waals surface area contributed by atoms with Crippen molar-refractivity contribution >= 4 is 46.2 Å². The van der Waals surface area contributed by atoms with E-state index >= 15 is 0 Å². The molecule has 0 saturated carbocycles. The van der Waals surface area contributed by atoms with Gasteiger partial charge in [-0.2, -0.15) is 5.10 Å². The summed E-state index contributed by atoms with van der Waals surface area (Å²) in [5, 5.41) is 11.2. The van der Waals surface area contributed by atoms with Crippen molar-refractivity contribution in [3.05, 3.63) is 51.6 Å². The third-order valence-electron chi connectivity index (χ3n) is 6.32. The number of hydrogen-bond acceptors (Lipinski definition) is 7. The smallest absolute Gasteiger partial charge is 0.205 e. The SMILES string of the molecule is C[C@@H](Oc1c(N)ncc2c(C3C=NN(C4CCNCC4)C3)coc12)c1c(Cl)ccc(F)c1Cl. The Morgan fingerprint density at radius 2 is 2.09 bits per heavy atom. The number of nitrogens with one attached hydrogen (secondary N) is 1. The summed E-state index contributed by atoms with van der Waals surface area (Å²) in [5.41, 5.74) is 7.90. The van der Waals surface area contributed by atoms with Gasteiger partial charge in [-0.3, -0.25) is 5.01 Å². The summed E-state index contributed by atoms with van der Waals surface area (Å²) < 4.78 is 26.0. The average molecular weight is 492 g/mol. The van der Waals surface area contributed by atoms with Crippen LogP contribution in [0.1, 0.15) is 42.9 Å². The highest BCUT2D eigenvalue weighted by atomic mass is 35.5. The predicted molar refractivity (Wildman–Crippen MR) is 128 cm³/mol. The lowest BCUT2D eigenvalue weighted by Crippen LogP contribution is -2.40. The first-order chi connectivity index (χ1) is 15.9. The molecule has 0 amide bonds. The third kappa shape index (κ3) is 4.11. The van der Waals surface area contributed by atoms with Gasteiger partial charge >= 0.3 is 0 Å². The Bertz CT molecular complexity index is 1210. The van der Waals surface area contributed by atoms with E-state index in [9.17, 15) is 4.39 Å². The number of nitrogens with zero attached hydrogens (tertiary/aromatic N) is 3. The number of aromatic nitrogens is 1. The maximum Gasteiger partial charge on any atom is 0.205 e. The average Bonchev–Trinajstić information content (AvgIpc) is 3.46. The molecule has 0 radical (unpaired) electrons. The first-order valence-corrected chi connectivity index (χ1v) is 11.7. The molecule has 10 heteroatoms. The number of piperidine rings is 1. The minimum atomic E-state index is -0.688. The Labute approximate surface area is 200 Å². The summed E-state index contributed by atoms with van der Waals surface area (Å²) in [4.78, 5) is 4.32. The molecule has 5 rings (SSSR count). The molecule has 2 aliphatic heterocycles. The summed E-state index contributed by atoms with van der Waals surface area (Å²) in [6.07, 6.45) is 6.81. The summed E-state index contributed by atoms with van der Waals surface area (Å²) in [6, 6.07) is 3.10. The molecule has 0 aliphatic carbocycles. The van der Waals surface area contributed by atoms with Gasteiger partial charge in [-0.05, 0) is 45.0 Å².